The maximum Gasteiger partial charge on any atom is 0.326 e. The monoisotopic (exact) mass is 422 g/mol. The summed E-state index contributed by atoms with van der Waals surface area (Å²) in [6.45, 7) is 4.56. The Bertz CT molecular complexity index is 1020. The van der Waals surface area contributed by atoms with Crippen molar-refractivity contribution in [3.63, 3.8) is 0 Å². The quantitative estimate of drug-likeness (QED) is 0.347. The van der Waals surface area contributed by atoms with E-state index in [0.29, 0.717) is 4.47 Å². The summed E-state index contributed by atoms with van der Waals surface area (Å²) < 4.78 is 6.53. The van der Waals surface area contributed by atoms with Crippen LogP contribution in [0.3, 0.4) is 0 Å². The highest BCUT2D eigenvalue weighted by Gasteiger charge is 2.22. The third-order valence-electron chi connectivity index (χ3n) is 3.16. The molecule has 0 bridgehead atoms. The second kappa shape index (κ2) is 7.14. The van der Waals surface area contributed by atoms with Crippen molar-refractivity contribution in [1.29, 1.82) is 0 Å². The molecule has 0 fully saturated rings. The maximum atomic E-state index is 12.6. The first-order valence-electron chi connectivity index (χ1n) is 7.34. The van der Waals surface area contributed by atoms with Crippen LogP contribution in [0.25, 0.3) is 21.5 Å². The van der Waals surface area contributed by atoms with Crippen LogP contribution in [0, 0.1) is 0 Å². The Morgan fingerprint density at radius 1 is 1.46 bits per heavy atom. The molecule has 0 spiro atoms. The number of carbonyl (C=O) groups is 2. The summed E-state index contributed by atoms with van der Waals surface area (Å²) in [5, 5.41) is 3.74. The van der Waals surface area contributed by atoms with E-state index in [-0.39, 0.29) is 22.3 Å². The second-order valence-electron chi connectivity index (χ2n) is 6.28. The molecule has 2 N–H and O–H groups in total. The van der Waals surface area contributed by atoms with Gasteiger partial charge in [-0.25, -0.2) is 4.98 Å². The van der Waals surface area contributed by atoms with Gasteiger partial charge in [-0.1, -0.05) is 5.11 Å². The number of carbonyl (C=O) groups excluding carboxylic acids is 2. The van der Waals surface area contributed by atoms with Crippen molar-refractivity contribution >= 4 is 44.5 Å². The molecule has 11 heteroatoms. The highest BCUT2D eigenvalue weighted by Crippen LogP contribution is 2.32. The summed E-state index contributed by atoms with van der Waals surface area (Å²) in [4.78, 5) is 43.2. The Labute approximate surface area is 155 Å². The fraction of sp³-hybridized carbons (Fsp3) is 0.333. The van der Waals surface area contributed by atoms with E-state index < -0.39 is 29.6 Å². The summed E-state index contributed by atoms with van der Waals surface area (Å²) >= 11 is 3.19. The van der Waals surface area contributed by atoms with Gasteiger partial charge in [0.2, 0.25) is 0 Å². The highest BCUT2D eigenvalue weighted by atomic mass is 79.9. The summed E-state index contributed by atoms with van der Waals surface area (Å²) in [5.74, 6) is -1.68. The minimum atomic E-state index is -0.985. The number of amides is 1. The molecule has 0 aliphatic carbocycles. The molecule has 0 aliphatic rings. The van der Waals surface area contributed by atoms with Gasteiger partial charge in [0.25, 0.3) is 11.5 Å². The molecule has 0 aliphatic heterocycles. The van der Waals surface area contributed by atoms with Crippen molar-refractivity contribution in [3.05, 3.63) is 43.1 Å². The van der Waals surface area contributed by atoms with Crippen molar-refractivity contribution in [1.82, 2.24) is 9.55 Å². The number of hydrogen-bond donors (Lipinski definition) is 1. The van der Waals surface area contributed by atoms with Crippen LogP contribution in [0.1, 0.15) is 31.1 Å². The van der Waals surface area contributed by atoms with E-state index in [0.717, 1.165) is 4.57 Å². The lowest BCUT2D eigenvalue weighted by atomic mass is 10.1. The molecule has 0 aromatic carbocycles. The van der Waals surface area contributed by atoms with Crippen LogP contribution in [0.15, 0.2) is 26.6 Å². The number of azide groups is 1. The van der Waals surface area contributed by atoms with Crippen LogP contribution in [-0.2, 0) is 16.1 Å². The van der Waals surface area contributed by atoms with E-state index in [2.05, 4.69) is 30.9 Å². The topological polar surface area (TPSA) is 153 Å². The van der Waals surface area contributed by atoms with Crippen LogP contribution in [0.4, 0.5) is 5.69 Å². The SMILES string of the molecule is CC(C)(C)OC(=O)Cn1c(=O)c(C(N)=O)cc2c(N=[N+]=[N-])c(Br)cnc21. The Morgan fingerprint density at radius 2 is 2.12 bits per heavy atom. The van der Waals surface area contributed by atoms with Gasteiger partial charge in [-0.05, 0) is 48.3 Å². The predicted molar refractivity (Wildman–Crippen MR) is 96.9 cm³/mol. The molecule has 0 radical (unpaired) electrons. The molecule has 0 saturated carbocycles. The van der Waals surface area contributed by atoms with Crippen LogP contribution in [-0.4, -0.2) is 27.0 Å². The van der Waals surface area contributed by atoms with E-state index >= 15 is 0 Å². The standard InChI is InChI=1S/C15H15BrN6O4/c1-15(2,3)26-10(23)6-22-13-7(4-8(12(17)24)14(22)25)11(20-21-18)9(16)5-19-13/h4-5H,6H2,1-3H3,(H2,17,24). The zero-order valence-electron chi connectivity index (χ0n) is 14.2. The first-order valence-corrected chi connectivity index (χ1v) is 8.13. The van der Waals surface area contributed by atoms with Gasteiger partial charge in [0, 0.05) is 21.0 Å². The van der Waals surface area contributed by atoms with E-state index in [1.807, 2.05) is 0 Å². The maximum absolute atomic E-state index is 12.6. The number of esters is 1. The molecule has 26 heavy (non-hydrogen) atoms. The summed E-state index contributed by atoms with van der Waals surface area (Å²) in [6.07, 6.45) is 1.32. The van der Waals surface area contributed by atoms with Gasteiger partial charge in [-0.3, -0.25) is 19.0 Å². The largest absolute Gasteiger partial charge is 0.459 e. The van der Waals surface area contributed by atoms with E-state index in [9.17, 15) is 14.4 Å². The number of hydrogen-bond acceptors (Lipinski definition) is 6. The molecular formula is C15H15BrN6O4. The average Bonchev–Trinajstić information content (AvgIpc) is 2.50. The zero-order valence-corrected chi connectivity index (χ0v) is 15.8. The molecule has 0 unspecified atom stereocenters. The number of fused-ring (bicyclic) bond motifs is 1. The van der Waals surface area contributed by atoms with Gasteiger partial charge in [-0.2, -0.15) is 0 Å². The number of pyridine rings is 2. The van der Waals surface area contributed by atoms with Gasteiger partial charge in [-0.15, -0.1) is 0 Å². The van der Waals surface area contributed by atoms with Gasteiger partial charge >= 0.3 is 5.97 Å². The first-order chi connectivity index (χ1) is 12.0. The van der Waals surface area contributed by atoms with Crippen molar-refractivity contribution in [2.75, 3.05) is 0 Å². The summed E-state index contributed by atoms with van der Waals surface area (Å²) in [6, 6.07) is 1.19. The molecule has 0 saturated heterocycles. The van der Waals surface area contributed by atoms with Crippen molar-refractivity contribution in [2.45, 2.75) is 32.9 Å². The normalized spacial score (nSPS) is 11.1. The molecule has 2 aromatic heterocycles. The molecule has 2 rings (SSSR count). The minimum Gasteiger partial charge on any atom is -0.459 e. The molecule has 136 valence electrons. The van der Waals surface area contributed by atoms with E-state index in [1.54, 1.807) is 20.8 Å². The average molecular weight is 423 g/mol. The molecule has 1 amide bonds. The molecular weight excluding hydrogens is 408 g/mol. The number of ether oxygens (including phenoxy) is 1. The third-order valence-corrected chi connectivity index (χ3v) is 3.74. The molecule has 10 nitrogen and oxygen atoms in total. The fourth-order valence-corrected chi connectivity index (χ4v) is 2.65. The van der Waals surface area contributed by atoms with Crippen LogP contribution in [0.5, 0.6) is 0 Å². The fourth-order valence-electron chi connectivity index (χ4n) is 2.25. The van der Waals surface area contributed by atoms with Crippen LogP contribution in [0.2, 0.25) is 0 Å². The second-order valence-corrected chi connectivity index (χ2v) is 7.14. The summed E-state index contributed by atoms with van der Waals surface area (Å²) in [7, 11) is 0. The van der Waals surface area contributed by atoms with E-state index in [4.69, 9.17) is 16.0 Å². The van der Waals surface area contributed by atoms with Crippen molar-refractivity contribution in [3.8, 4) is 0 Å². The number of rotatable bonds is 4. The van der Waals surface area contributed by atoms with Crippen molar-refractivity contribution in [2.24, 2.45) is 10.8 Å². The van der Waals surface area contributed by atoms with Gasteiger partial charge in [0.15, 0.2) is 0 Å². The number of primary amides is 1. The lowest BCUT2D eigenvalue weighted by Crippen LogP contribution is -2.34. The van der Waals surface area contributed by atoms with Gasteiger partial charge < -0.3 is 10.5 Å². The molecule has 2 aromatic rings. The molecule has 0 atom stereocenters. The lowest BCUT2D eigenvalue weighted by molar-refractivity contribution is -0.155. The smallest absolute Gasteiger partial charge is 0.326 e. The minimum absolute atomic E-state index is 0.0523. The highest BCUT2D eigenvalue weighted by molar-refractivity contribution is 9.10. The van der Waals surface area contributed by atoms with Gasteiger partial charge in [0.1, 0.15) is 23.4 Å². The Hall–Kier alpha value is -2.91. The zero-order chi connectivity index (χ0) is 19.6. The van der Waals surface area contributed by atoms with Crippen molar-refractivity contribution < 1.29 is 14.3 Å². The lowest BCUT2D eigenvalue weighted by Gasteiger charge is -2.20. The van der Waals surface area contributed by atoms with Gasteiger partial charge in [0.05, 0.1) is 5.69 Å². The number of nitrogens with zero attached hydrogens (tertiary/aromatic N) is 5. The summed E-state index contributed by atoms with van der Waals surface area (Å²) in [5.41, 5.74) is 12.3. The Kier molecular flexibility index (Phi) is 5.33. The number of aromatic nitrogens is 2. The van der Waals surface area contributed by atoms with Crippen LogP contribution >= 0.6 is 15.9 Å². The third kappa shape index (κ3) is 4.01. The first kappa shape index (κ1) is 19.4. The van der Waals surface area contributed by atoms with Crippen LogP contribution < -0.4 is 11.3 Å². The Balaban J connectivity index is 2.79. The Morgan fingerprint density at radius 3 is 2.65 bits per heavy atom. The van der Waals surface area contributed by atoms with E-state index in [1.165, 1.54) is 12.3 Å². The molecule has 2 heterocycles. The number of halogens is 1. The predicted octanol–water partition coefficient (Wildman–Crippen LogP) is 2.54. The number of nitrogens with two attached hydrogens (primary N) is 1.